The van der Waals surface area contributed by atoms with E-state index in [2.05, 4.69) is 25.4 Å². The predicted octanol–water partition coefficient (Wildman–Crippen LogP) is 2.17. The standard InChI is InChI=1S/C22H24FN9O/c23-15-2-1-3-16-20(15)32(10-13-4-5-13)17(30-16)9-26-22-18(21(25)27-12-28-22)19(24)14-8-29-31(11-14)6-7-33/h1-3,8,11-13,24,33H,4-7,9-10H2,(H3,25,26,27,28). The molecule has 3 aromatic heterocycles. The van der Waals surface area contributed by atoms with Crippen molar-refractivity contribution in [3.8, 4) is 0 Å². The van der Waals surface area contributed by atoms with Crippen LogP contribution in [0.5, 0.6) is 0 Å². The minimum atomic E-state index is -0.291. The molecule has 0 unspecified atom stereocenters. The summed E-state index contributed by atoms with van der Waals surface area (Å²) in [4.78, 5) is 13.0. The summed E-state index contributed by atoms with van der Waals surface area (Å²) >= 11 is 0. The van der Waals surface area contributed by atoms with Crippen molar-refractivity contribution in [1.82, 2.24) is 29.3 Å². The molecule has 1 aliphatic carbocycles. The summed E-state index contributed by atoms with van der Waals surface area (Å²) in [5, 5.41) is 25.1. The van der Waals surface area contributed by atoms with Crippen molar-refractivity contribution in [3.05, 3.63) is 59.7 Å². The monoisotopic (exact) mass is 449 g/mol. The van der Waals surface area contributed by atoms with Crippen LogP contribution in [0.3, 0.4) is 0 Å². The number of nitrogen functional groups attached to an aromatic ring is 1. The van der Waals surface area contributed by atoms with Crippen molar-refractivity contribution in [2.24, 2.45) is 5.92 Å². The van der Waals surface area contributed by atoms with Gasteiger partial charge in [-0.05, 0) is 30.9 Å². The lowest BCUT2D eigenvalue weighted by molar-refractivity contribution is 0.269. The highest BCUT2D eigenvalue weighted by Crippen LogP contribution is 2.33. The molecule has 1 aliphatic rings. The SMILES string of the molecule is N=C(c1cnn(CCO)c1)c1c(N)ncnc1NCc1nc2cccc(F)c2n1CC1CC1. The van der Waals surface area contributed by atoms with Crippen LogP contribution in [0.2, 0.25) is 0 Å². The molecule has 1 fully saturated rings. The highest BCUT2D eigenvalue weighted by molar-refractivity contribution is 6.15. The molecule has 1 saturated carbocycles. The second-order valence-corrected chi connectivity index (χ2v) is 8.12. The van der Waals surface area contributed by atoms with E-state index in [9.17, 15) is 4.39 Å². The molecule has 5 rings (SSSR count). The fourth-order valence-corrected chi connectivity index (χ4v) is 3.88. The quantitative estimate of drug-likeness (QED) is 0.287. The zero-order chi connectivity index (χ0) is 22.9. The molecule has 10 nitrogen and oxygen atoms in total. The fraction of sp³-hybridized carbons (Fsp3) is 0.318. The highest BCUT2D eigenvalue weighted by Gasteiger charge is 2.25. The molecule has 3 heterocycles. The number of aliphatic hydroxyl groups is 1. The van der Waals surface area contributed by atoms with Gasteiger partial charge >= 0.3 is 0 Å². The minimum Gasteiger partial charge on any atom is -0.394 e. The Bertz CT molecular complexity index is 1320. The largest absolute Gasteiger partial charge is 0.394 e. The van der Waals surface area contributed by atoms with Gasteiger partial charge in [-0.2, -0.15) is 5.10 Å². The normalized spacial score (nSPS) is 13.5. The van der Waals surface area contributed by atoms with E-state index in [4.69, 9.17) is 16.2 Å². The van der Waals surface area contributed by atoms with Crippen LogP contribution >= 0.6 is 0 Å². The molecule has 170 valence electrons. The number of rotatable bonds is 9. The molecule has 0 spiro atoms. The second-order valence-electron chi connectivity index (χ2n) is 8.12. The van der Waals surface area contributed by atoms with Crippen molar-refractivity contribution in [2.45, 2.75) is 32.5 Å². The van der Waals surface area contributed by atoms with Gasteiger partial charge in [-0.25, -0.2) is 19.3 Å². The Labute approximate surface area is 188 Å². The number of fused-ring (bicyclic) bond motifs is 1. The Morgan fingerprint density at radius 1 is 1.30 bits per heavy atom. The van der Waals surface area contributed by atoms with Crippen LogP contribution < -0.4 is 11.1 Å². The van der Waals surface area contributed by atoms with E-state index < -0.39 is 0 Å². The van der Waals surface area contributed by atoms with Crippen molar-refractivity contribution in [1.29, 1.82) is 5.41 Å². The van der Waals surface area contributed by atoms with Crippen LogP contribution in [0.15, 0.2) is 36.9 Å². The number of para-hydroxylation sites is 1. The third-order valence-electron chi connectivity index (χ3n) is 5.73. The zero-order valence-corrected chi connectivity index (χ0v) is 17.9. The van der Waals surface area contributed by atoms with Crippen LogP contribution in [0.4, 0.5) is 16.0 Å². The summed E-state index contributed by atoms with van der Waals surface area (Å²) in [5.74, 6) is 1.47. The number of nitrogens with one attached hydrogen (secondary N) is 2. The third kappa shape index (κ3) is 4.14. The first-order valence-electron chi connectivity index (χ1n) is 10.8. The van der Waals surface area contributed by atoms with Gasteiger partial charge in [0, 0.05) is 18.3 Å². The summed E-state index contributed by atoms with van der Waals surface area (Å²) in [5.41, 5.74) is 8.20. The van der Waals surface area contributed by atoms with Crippen LogP contribution in [0.25, 0.3) is 11.0 Å². The average Bonchev–Trinajstić information content (AvgIpc) is 3.37. The highest BCUT2D eigenvalue weighted by atomic mass is 19.1. The van der Waals surface area contributed by atoms with Crippen molar-refractivity contribution >= 4 is 28.4 Å². The molecule has 33 heavy (non-hydrogen) atoms. The molecule has 1 aromatic carbocycles. The lowest BCUT2D eigenvalue weighted by Gasteiger charge is -2.14. The van der Waals surface area contributed by atoms with Gasteiger partial charge in [0.05, 0.1) is 42.7 Å². The van der Waals surface area contributed by atoms with Gasteiger partial charge in [-0.3, -0.25) is 10.1 Å². The van der Waals surface area contributed by atoms with E-state index in [1.807, 2.05) is 4.57 Å². The van der Waals surface area contributed by atoms with Gasteiger partial charge in [0.2, 0.25) is 0 Å². The molecular formula is C22H24FN9O. The molecule has 5 N–H and O–H groups in total. The molecular weight excluding hydrogens is 425 g/mol. The zero-order valence-electron chi connectivity index (χ0n) is 17.9. The van der Waals surface area contributed by atoms with Crippen molar-refractivity contribution in [3.63, 3.8) is 0 Å². The topological polar surface area (TPSA) is 144 Å². The van der Waals surface area contributed by atoms with Crippen LogP contribution in [-0.4, -0.2) is 46.7 Å². The van der Waals surface area contributed by atoms with Gasteiger partial charge < -0.3 is 20.7 Å². The number of benzene rings is 1. The Balaban J connectivity index is 1.45. The molecule has 0 bridgehead atoms. The van der Waals surface area contributed by atoms with Gasteiger partial charge in [0.1, 0.15) is 35.1 Å². The Hall–Kier alpha value is -3.86. The summed E-state index contributed by atoms with van der Waals surface area (Å²) in [6.45, 7) is 1.27. The lowest BCUT2D eigenvalue weighted by Crippen LogP contribution is -2.16. The first kappa shape index (κ1) is 21.0. The Morgan fingerprint density at radius 3 is 2.94 bits per heavy atom. The predicted molar refractivity (Wildman–Crippen MR) is 121 cm³/mol. The molecule has 0 atom stereocenters. The van der Waals surface area contributed by atoms with E-state index >= 15 is 0 Å². The van der Waals surface area contributed by atoms with Crippen molar-refractivity contribution < 1.29 is 9.50 Å². The number of aliphatic hydroxyl groups excluding tert-OH is 1. The van der Waals surface area contributed by atoms with Crippen LogP contribution in [0, 0.1) is 17.1 Å². The number of hydrogen-bond donors (Lipinski definition) is 4. The summed E-state index contributed by atoms with van der Waals surface area (Å²) in [7, 11) is 0. The Kier molecular flexibility index (Phi) is 5.47. The van der Waals surface area contributed by atoms with E-state index in [1.54, 1.807) is 23.0 Å². The second kappa shape index (κ2) is 8.58. The van der Waals surface area contributed by atoms with Gasteiger partial charge in [-0.1, -0.05) is 6.07 Å². The van der Waals surface area contributed by atoms with E-state index in [0.717, 1.165) is 12.8 Å². The summed E-state index contributed by atoms with van der Waals surface area (Å²) in [6.07, 6.45) is 6.79. The van der Waals surface area contributed by atoms with Gasteiger partial charge in [-0.15, -0.1) is 0 Å². The molecule has 0 amide bonds. The van der Waals surface area contributed by atoms with Crippen LogP contribution in [0.1, 0.15) is 29.8 Å². The number of nitrogens with zero attached hydrogens (tertiary/aromatic N) is 6. The molecule has 0 aliphatic heterocycles. The number of anilines is 2. The smallest absolute Gasteiger partial charge is 0.149 e. The van der Waals surface area contributed by atoms with E-state index in [1.165, 1.54) is 18.6 Å². The minimum absolute atomic E-state index is 0.0553. The van der Waals surface area contributed by atoms with Gasteiger partial charge in [0.25, 0.3) is 0 Å². The molecule has 0 radical (unpaired) electrons. The molecule has 0 saturated heterocycles. The number of nitrogens with two attached hydrogens (primary N) is 1. The van der Waals surface area contributed by atoms with E-state index in [-0.39, 0.29) is 30.5 Å². The van der Waals surface area contributed by atoms with Crippen LogP contribution in [-0.2, 0) is 19.6 Å². The number of aromatic nitrogens is 6. The maximum Gasteiger partial charge on any atom is 0.149 e. The molecule has 4 aromatic rings. The maximum atomic E-state index is 14.6. The third-order valence-corrected chi connectivity index (χ3v) is 5.73. The number of imidazole rings is 1. The average molecular weight is 449 g/mol. The first-order valence-corrected chi connectivity index (χ1v) is 10.8. The molecule has 11 heteroatoms. The number of hydrogen-bond acceptors (Lipinski definition) is 8. The maximum absolute atomic E-state index is 14.6. The van der Waals surface area contributed by atoms with Gasteiger partial charge in [0.15, 0.2) is 0 Å². The fourth-order valence-electron chi connectivity index (χ4n) is 3.88. The lowest BCUT2D eigenvalue weighted by atomic mass is 10.1. The number of halogens is 1. The summed E-state index contributed by atoms with van der Waals surface area (Å²) in [6, 6.07) is 4.91. The van der Waals surface area contributed by atoms with E-state index in [0.29, 0.717) is 52.8 Å². The summed E-state index contributed by atoms with van der Waals surface area (Å²) < 4.78 is 18.1. The van der Waals surface area contributed by atoms with Crippen molar-refractivity contribution in [2.75, 3.05) is 17.7 Å². The first-order chi connectivity index (χ1) is 16.0. The Morgan fingerprint density at radius 2 is 2.15 bits per heavy atom.